The number of nitrogens with zero attached hydrogens (tertiary/aromatic N) is 2. The van der Waals surface area contributed by atoms with E-state index >= 15 is 0 Å². The summed E-state index contributed by atoms with van der Waals surface area (Å²) in [5, 5.41) is 19.6. The summed E-state index contributed by atoms with van der Waals surface area (Å²) in [6.07, 6.45) is 0.521. The van der Waals surface area contributed by atoms with Crippen molar-refractivity contribution in [3.05, 3.63) is 32.6 Å². The van der Waals surface area contributed by atoms with Gasteiger partial charge < -0.3 is 38.7 Å². The van der Waals surface area contributed by atoms with Gasteiger partial charge >= 0.3 is 35.2 Å². The van der Waals surface area contributed by atoms with Crippen LogP contribution in [0.4, 0.5) is 0 Å². The molecule has 1 saturated heterocycles. The van der Waals surface area contributed by atoms with E-state index in [9.17, 15) is 29.3 Å². The number of hydrogen-bond acceptors (Lipinski definition) is 11. The molecule has 0 amide bonds. The molecule has 1 unspecified atom stereocenters. The molecule has 1 aliphatic rings. The summed E-state index contributed by atoms with van der Waals surface area (Å²) in [6, 6.07) is 0. The van der Waals surface area contributed by atoms with Crippen molar-refractivity contribution in [3.63, 3.8) is 0 Å². The number of hydrogen-bond donors (Lipinski definition) is 4. The number of aromatic amines is 1. The topological polar surface area (TPSA) is 196 Å². The van der Waals surface area contributed by atoms with Crippen LogP contribution in [-0.4, -0.2) is 101 Å². The van der Waals surface area contributed by atoms with Crippen LogP contribution in [-0.2, 0) is 23.3 Å². The Kier molecular flexibility index (Phi) is 13.2. The minimum Gasteiger partial charge on any atom is -0.756 e. The number of ether oxygens (including phenoxy) is 3. The maximum Gasteiger partial charge on any atom is 1.00 e. The van der Waals surface area contributed by atoms with E-state index in [1.54, 1.807) is 6.92 Å². The Bertz CT molecular complexity index is 886. The van der Waals surface area contributed by atoms with E-state index in [1.807, 2.05) is 4.90 Å². The zero-order chi connectivity index (χ0) is 23.8. The second kappa shape index (κ2) is 14.2. The summed E-state index contributed by atoms with van der Waals surface area (Å²) in [7, 11) is -4.75. The second-order valence-corrected chi connectivity index (χ2v) is 8.51. The molecule has 2 heterocycles. The van der Waals surface area contributed by atoms with Gasteiger partial charge in [-0.2, -0.15) is 0 Å². The Labute approximate surface area is 211 Å². The van der Waals surface area contributed by atoms with Gasteiger partial charge in [-0.15, -0.1) is 0 Å². The molecule has 2 atom stereocenters. The van der Waals surface area contributed by atoms with E-state index < -0.39 is 44.1 Å². The average Bonchev–Trinajstić information content (AvgIpc) is 2.74. The third-order valence-corrected chi connectivity index (χ3v) is 5.26. The van der Waals surface area contributed by atoms with Crippen molar-refractivity contribution in [1.29, 1.82) is 0 Å². The van der Waals surface area contributed by atoms with Gasteiger partial charge in [0.25, 0.3) is 13.4 Å². The number of rotatable bonds is 13. The molecule has 184 valence electrons. The van der Waals surface area contributed by atoms with Crippen molar-refractivity contribution in [1.82, 2.24) is 14.5 Å². The predicted molar refractivity (Wildman–Crippen MR) is 107 cm³/mol. The first-order valence-corrected chi connectivity index (χ1v) is 11.4. The molecule has 0 spiro atoms. The van der Waals surface area contributed by atoms with Crippen LogP contribution in [0.25, 0.3) is 0 Å². The fourth-order valence-corrected chi connectivity index (χ4v) is 3.43. The molecule has 1 aliphatic heterocycles. The maximum atomic E-state index is 12.2. The van der Waals surface area contributed by atoms with Gasteiger partial charge in [0.15, 0.2) is 6.23 Å². The Morgan fingerprint density at radius 2 is 1.82 bits per heavy atom. The first-order valence-electron chi connectivity index (χ1n) is 9.87. The van der Waals surface area contributed by atoms with Gasteiger partial charge in [-0.1, -0.05) is 0 Å². The largest absolute Gasteiger partial charge is 1.00 e. The Morgan fingerprint density at radius 1 is 1.21 bits per heavy atom. The molecule has 0 bridgehead atoms. The third-order valence-electron chi connectivity index (χ3n) is 4.75. The number of aliphatic hydroxyl groups is 2. The zero-order valence-electron chi connectivity index (χ0n) is 18.7. The van der Waals surface area contributed by atoms with E-state index in [0.29, 0.717) is 12.1 Å². The number of nitrogens with one attached hydrogen (secondary N) is 1. The Morgan fingerprint density at radius 3 is 2.42 bits per heavy atom. The van der Waals surface area contributed by atoms with Crippen LogP contribution in [0.2, 0.25) is 0 Å². The van der Waals surface area contributed by atoms with Crippen LogP contribution < -0.4 is 45.7 Å². The molecular weight excluding hydrogens is 476 g/mol. The first-order chi connectivity index (χ1) is 15.1. The molecule has 33 heavy (non-hydrogen) atoms. The van der Waals surface area contributed by atoms with Gasteiger partial charge in [-0.3, -0.25) is 23.8 Å². The monoisotopic (exact) mass is 505 g/mol. The smallest absolute Gasteiger partial charge is 0.756 e. The van der Waals surface area contributed by atoms with Crippen LogP contribution in [0, 0.1) is 6.92 Å². The molecule has 16 heteroatoms. The SMILES string of the molecule is Cc1cn([C@H]2CN(CCOCCOCCOP(=O)([O-])O)CC(CO)(CO)O2)c(=O)[nH]c1=O.[Na+]. The molecule has 4 N–H and O–H groups in total. The van der Waals surface area contributed by atoms with Gasteiger partial charge in [0.2, 0.25) is 0 Å². The summed E-state index contributed by atoms with van der Waals surface area (Å²) in [4.78, 5) is 46.8. The molecule has 0 aliphatic carbocycles. The summed E-state index contributed by atoms with van der Waals surface area (Å²) >= 11 is 0. The summed E-state index contributed by atoms with van der Waals surface area (Å²) in [5.74, 6) is 0. The van der Waals surface area contributed by atoms with Crippen LogP contribution in [0.5, 0.6) is 0 Å². The van der Waals surface area contributed by atoms with Gasteiger partial charge in [0.1, 0.15) is 5.60 Å². The van der Waals surface area contributed by atoms with Gasteiger partial charge in [-0.25, -0.2) is 4.79 Å². The standard InChI is InChI=1S/C17H30N3O11P.Na/c1-13-8-20(16(24)18-15(13)23)14-9-19(10-17(11-21,12-22)31-14)2-3-28-4-5-29-6-7-30-32(25,26)27;/h8,14,21-22H,2-7,9-12H2,1H3,(H,18,23,24)(H2,25,26,27);/q;+1/p-1/t14-;/m1./s1. The fraction of sp³-hybridized carbons (Fsp3) is 0.765. The molecule has 1 aromatic rings. The van der Waals surface area contributed by atoms with E-state index in [-0.39, 0.29) is 75.7 Å². The van der Waals surface area contributed by atoms with Gasteiger partial charge in [-0.05, 0) is 6.92 Å². The number of aromatic nitrogens is 2. The van der Waals surface area contributed by atoms with Gasteiger partial charge in [0, 0.05) is 31.4 Å². The van der Waals surface area contributed by atoms with Crippen LogP contribution >= 0.6 is 7.82 Å². The van der Waals surface area contributed by atoms with E-state index in [1.165, 1.54) is 10.8 Å². The normalized spacial score (nSPS) is 20.2. The van der Waals surface area contributed by atoms with Crippen molar-refractivity contribution in [2.24, 2.45) is 0 Å². The van der Waals surface area contributed by atoms with Crippen LogP contribution in [0.3, 0.4) is 0 Å². The van der Waals surface area contributed by atoms with Crippen molar-refractivity contribution in [2.75, 3.05) is 65.9 Å². The molecule has 1 fully saturated rings. The fourth-order valence-electron chi connectivity index (χ4n) is 3.12. The number of aliphatic hydroxyl groups excluding tert-OH is 2. The predicted octanol–water partition coefficient (Wildman–Crippen LogP) is -6.09. The van der Waals surface area contributed by atoms with E-state index in [4.69, 9.17) is 19.1 Å². The third kappa shape index (κ3) is 9.98. The summed E-state index contributed by atoms with van der Waals surface area (Å²) < 4.78 is 32.2. The minimum absolute atomic E-state index is 0. The number of H-pyrrole nitrogens is 1. The van der Waals surface area contributed by atoms with E-state index in [2.05, 4.69) is 9.51 Å². The Balaban J connectivity index is 0.00000544. The molecular formula is C17H29N3NaO11P. The molecule has 0 aromatic carbocycles. The van der Waals surface area contributed by atoms with Crippen LogP contribution in [0.15, 0.2) is 15.8 Å². The minimum atomic E-state index is -4.75. The zero-order valence-corrected chi connectivity index (χ0v) is 21.6. The molecule has 0 saturated carbocycles. The molecule has 1 aromatic heterocycles. The van der Waals surface area contributed by atoms with Crippen LogP contribution in [0.1, 0.15) is 11.8 Å². The maximum absolute atomic E-state index is 12.2. The molecule has 14 nitrogen and oxygen atoms in total. The van der Waals surface area contributed by atoms with Crippen molar-refractivity contribution < 1.29 is 72.9 Å². The molecule has 2 rings (SSSR count). The number of morpholine rings is 1. The second-order valence-electron chi connectivity index (χ2n) is 7.31. The van der Waals surface area contributed by atoms with E-state index in [0.717, 1.165) is 0 Å². The van der Waals surface area contributed by atoms with Crippen molar-refractivity contribution in [3.8, 4) is 0 Å². The number of phosphoric ester groups is 1. The Hall–Kier alpha value is -0.450. The number of phosphoric acid groups is 1. The quantitative estimate of drug-likeness (QED) is 0.113. The first kappa shape index (κ1) is 30.6. The molecule has 0 radical (unpaired) electrons. The van der Waals surface area contributed by atoms with Crippen molar-refractivity contribution >= 4 is 7.82 Å². The van der Waals surface area contributed by atoms with Gasteiger partial charge in [0.05, 0.1) is 46.2 Å². The average molecular weight is 505 g/mol. The van der Waals surface area contributed by atoms with Crippen molar-refractivity contribution in [2.45, 2.75) is 18.8 Å². The summed E-state index contributed by atoms with van der Waals surface area (Å²) in [5.41, 5.74) is -2.16. The summed E-state index contributed by atoms with van der Waals surface area (Å²) in [6.45, 7) is 1.75. The number of aryl methyl sites for hydroxylation is 1.